The fourth-order valence-corrected chi connectivity index (χ4v) is 2.34. The van der Waals surface area contributed by atoms with Crippen LogP contribution in [0.4, 0.5) is 0 Å². The number of thioether (sulfide) groups is 1. The van der Waals surface area contributed by atoms with Gasteiger partial charge in [-0.15, -0.1) is 0 Å². The molecule has 1 atom stereocenters. The number of benzene rings is 1. The highest BCUT2D eigenvalue weighted by Crippen LogP contribution is 2.15. The molecular weight excluding hydrogens is 294 g/mol. The topological polar surface area (TPSA) is 41.5 Å². The lowest BCUT2D eigenvalue weighted by Crippen LogP contribution is -2.32. The molecule has 5 heteroatoms. The van der Waals surface area contributed by atoms with Crippen LogP contribution < -0.4 is 10.1 Å². The average Bonchev–Trinajstić information content (AvgIpc) is 2.46. The van der Waals surface area contributed by atoms with Crippen molar-refractivity contribution in [3.63, 3.8) is 0 Å². The van der Waals surface area contributed by atoms with Gasteiger partial charge in [0.2, 0.25) is 0 Å². The summed E-state index contributed by atoms with van der Waals surface area (Å²) in [4.78, 5) is 0. The lowest BCUT2D eigenvalue weighted by molar-refractivity contribution is 0.106. The van der Waals surface area contributed by atoms with E-state index in [1.165, 1.54) is 18.6 Å². The van der Waals surface area contributed by atoms with Gasteiger partial charge in [0, 0.05) is 11.6 Å². The van der Waals surface area contributed by atoms with Crippen LogP contribution in [0, 0.1) is 0 Å². The van der Waals surface area contributed by atoms with Gasteiger partial charge in [-0.1, -0.05) is 18.0 Å². The third kappa shape index (κ3) is 8.69. The molecule has 0 aliphatic heterocycles. The number of unbranched alkanes of at least 4 members (excludes halogenated alkanes) is 2. The summed E-state index contributed by atoms with van der Waals surface area (Å²) < 4.78 is 5.48. The largest absolute Gasteiger partial charge is 0.491 e. The highest BCUT2D eigenvalue weighted by atomic mass is 35.5. The van der Waals surface area contributed by atoms with E-state index in [2.05, 4.69) is 11.6 Å². The van der Waals surface area contributed by atoms with Crippen LogP contribution in [-0.4, -0.2) is 42.9 Å². The lowest BCUT2D eigenvalue weighted by Gasteiger charge is -2.13. The van der Waals surface area contributed by atoms with Crippen molar-refractivity contribution in [2.45, 2.75) is 25.4 Å². The van der Waals surface area contributed by atoms with Crippen molar-refractivity contribution in [1.82, 2.24) is 5.32 Å². The Morgan fingerprint density at radius 3 is 2.70 bits per heavy atom. The summed E-state index contributed by atoms with van der Waals surface area (Å²) >= 11 is 7.68. The molecule has 1 aromatic rings. The zero-order chi connectivity index (χ0) is 14.6. The molecule has 1 rings (SSSR count). The van der Waals surface area contributed by atoms with Crippen LogP contribution >= 0.6 is 23.4 Å². The first-order valence-corrected chi connectivity index (χ1v) is 8.75. The summed E-state index contributed by atoms with van der Waals surface area (Å²) in [5.74, 6) is 1.96. The molecule has 0 spiro atoms. The maximum Gasteiger partial charge on any atom is 0.119 e. The third-order valence-corrected chi connectivity index (χ3v) is 3.79. The second-order valence-corrected chi connectivity index (χ2v) is 6.10. The van der Waals surface area contributed by atoms with E-state index < -0.39 is 6.10 Å². The number of halogens is 1. The van der Waals surface area contributed by atoms with E-state index in [9.17, 15) is 5.11 Å². The molecule has 1 aromatic carbocycles. The van der Waals surface area contributed by atoms with Crippen LogP contribution in [0.5, 0.6) is 5.75 Å². The van der Waals surface area contributed by atoms with Gasteiger partial charge >= 0.3 is 0 Å². The molecule has 0 aromatic heterocycles. The SMILES string of the molecule is CSCCCCCNCC(O)COc1ccc(Cl)cc1. The van der Waals surface area contributed by atoms with Gasteiger partial charge in [0.1, 0.15) is 18.5 Å². The third-order valence-electron chi connectivity index (χ3n) is 2.84. The van der Waals surface area contributed by atoms with Crippen molar-refractivity contribution in [2.75, 3.05) is 31.7 Å². The van der Waals surface area contributed by atoms with Crippen LogP contribution in [0.2, 0.25) is 5.02 Å². The number of rotatable bonds is 11. The van der Waals surface area contributed by atoms with E-state index in [1.807, 2.05) is 11.8 Å². The van der Waals surface area contributed by atoms with Crippen molar-refractivity contribution < 1.29 is 9.84 Å². The zero-order valence-electron chi connectivity index (χ0n) is 12.0. The molecule has 0 amide bonds. The molecule has 1 unspecified atom stereocenters. The molecule has 0 heterocycles. The number of aliphatic hydroxyl groups is 1. The Balaban J connectivity index is 2.00. The van der Waals surface area contributed by atoms with E-state index in [-0.39, 0.29) is 0 Å². The Kier molecular flexibility index (Phi) is 9.93. The lowest BCUT2D eigenvalue weighted by atomic mass is 10.2. The van der Waals surface area contributed by atoms with E-state index in [0.29, 0.717) is 18.2 Å². The molecule has 0 saturated heterocycles. The molecule has 0 radical (unpaired) electrons. The first-order valence-electron chi connectivity index (χ1n) is 6.98. The maximum absolute atomic E-state index is 9.79. The average molecular weight is 318 g/mol. The molecule has 0 fully saturated rings. The fourth-order valence-electron chi connectivity index (χ4n) is 1.72. The molecule has 20 heavy (non-hydrogen) atoms. The second-order valence-electron chi connectivity index (χ2n) is 4.68. The van der Waals surface area contributed by atoms with Gasteiger partial charge in [-0.25, -0.2) is 0 Å². The second kappa shape index (κ2) is 11.3. The predicted molar refractivity (Wildman–Crippen MR) is 88.1 cm³/mol. The summed E-state index contributed by atoms with van der Waals surface area (Å²) in [6, 6.07) is 7.15. The molecule has 0 saturated carbocycles. The van der Waals surface area contributed by atoms with E-state index in [0.717, 1.165) is 18.7 Å². The van der Waals surface area contributed by atoms with Crippen molar-refractivity contribution >= 4 is 23.4 Å². The Morgan fingerprint density at radius 1 is 1.25 bits per heavy atom. The highest BCUT2D eigenvalue weighted by molar-refractivity contribution is 7.98. The molecule has 0 aliphatic carbocycles. The summed E-state index contributed by atoms with van der Waals surface area (Å²) in [6.07, 6.45) is 5.31. The zero-order valence-corrected chi connectivity index (χ0v) is 13.6. The van der Waals surface area contributed by atoms with Gasteiger partial charge in [-0.05, 0) is 55.7 Å². The van der Waals surface area contributed by atoms with Crippen LogP contribution in [0.3, 0.4) is 0 Å². The van der Waals surface area contributed by atoms with Gasteiger partial charge < -0.3 is 15.2 Å². The van der Waals surface area contributed by atoms with Crippen LogP contribution in [-0.2, 0) is 0 Å². The van der Waals surface area contributed by atoms with Gasteiger partial charge in [0.25, 0.3) is 0 Å². The predicted octanol–water partition coefficient (Wildman–Crippen LogP) is 3.20. The van der Waals surface area contributed by atoms with Crippen molar-refractivity contribution in [3.8, 4) is 5.75 Å². The minimum absolute atomic E-state index is 0.293. The van der Waals surface area contributed by atoms with E-state index >= 15 is 0 Å². The Bertz CT molecular complexity index is 348. The number of ether oxygens (including phenoxy) is 1. The highest BCUT2D eigenvalue weighted by Gasteiger charge is 2.04. The standard InChI is InChI=1S/C15H24ClNO2S/c1-20-10-4-2-3-9-17-11-14(18)12-19-15-7-5-13(16)6-8-15/h5-8,14,17-18H,2-4,9-12H2,1H3. The summed E-state index contributed by atoms with van der Waals surface area (Å²) in [5.41, 5.74) is 0. The van der Waals surface area contributed by atoms with Crippen molar-refractivity contribution in [1.29, 1.82) is 0 Å². The van der Waals surface area contributed by atoms with Gasteiger partial charge in [0.05, 0.1) is 0 Å². The minimum atomic E-state index is -0.489. The van der Waals surface area contributed by atoms with Gasteiger partial charge in [-0.2, -0.15) is 11.8 Å². The number of hydrogen-bond acceptors (Lipinski definition) is 4. The molecule has 2 N–H and O–H groups in total. The van der Waals surface area contributed by atoms with E-state index in [4.69, 9.17) is 16.3 Å². The smallest absolute Gasteiger partial charge is 0.119 e. The van der Waals surface area contributed by atoms with Crippen molar-refractivity contribution in [3.05, 3.63) is 29.3 Å². The number of hydrogen-bond donors (Lipinski definition) is 2. The Morgan fingerprint density at radius 2 is 2.00 bits per heavy atom. The van der Waals surface area contributed by atoms with E-state index in [1.54, 1.807) is 24.3 Å². The molecule has 114 valence electrons. The first kappa shape index (κ1) is 17.6. The van der Waals surface area contributed by atoms with Crippen LogP contribution in [0.15, 0.2) is 24.3 Å². The van der Waals surface area contributed by atoms with Crippen LogP contribution in [0.25, 0.3) is 0 Å². The molecule has 0 aliphatic rings. The van der Waals surface area contributed by atoms with Gasteiger partial charge in [0.15, 0.2) is 0 Å². The number of nitrogens with one attached hydrogen (secondary N) is 1. The normalized spacial score (nSPS) is 12.3. The quantitative estimate of drug-likeness (QED) is 0.615. The van der Waals surface area contributed by atoms with Crippen molar-refractivity contribution in [2.24, 2.45) is 0 Å². The molecular formula is C15H24ClNO2S. The fraction of sp³-hybridized carbons (Fsp3) is 0.600. The maximum atomic E-state index is 9.79. The Hall–Kier alpha value is -0.420. The monoisotopic (exact) mass is 317 g/mol. The Labute approximate surface area is 131 Å². The summed E-state index contributed by atoms with van der Waals surface area (Å²) in [5, 5.41) is 13.7. The van der Waals surface area contributed by atoms with Gasteiger partial charge in [-0.3, -0.25) is 0 Å². The minimum Gasteiger partial charge on any atom is -0.491 e. The molecule has 3 nitrogen and oxygen atoms in total. The van der Waals surface area contributed by atoms with Crippen LogP contribution in [0.1, 0.15) is 19.3 Å². The summed E-state index contributed by atoms with van der Waals surface area (Å²) in [6.45, 7) is 1.81. The molecule has 0 bridgehead atoms. The first-order chi connectivity index (χ1) is 9.72. The number of aliphatic hydroxyl groups excluding tert-OH is 1. The summed E-state index contributed by atoms with van der Waals surface area (Å²) in [7, 11) is 0.